The van der Waals surface area contributed by atoms with Crippen molar-refractivity contribution < 1.29 is 9.47 Å². The number of anilines is 1. The van der Waals surface area contributed by atoms with Crippen molar-refractivity contribution in [1.82, 2.24) is 9.97 Å². The SMILES string of the molecule is COCCOCCc1nc(N)c2c(n1)CCCCC2. The van der Waals surface area contributed by atoms with Gasteiger partial charge >= 0.3 is 0 Å². The van der Waals surface area contributed by atoms with Gasteiger partial charge in [0.15, 0.2) is 0 Å². The molecule has 1 heterocycles. The molecule has 0 bridgehead atoms. The Balaban J connectivity index is 1.94. The fourth-order valence-corrected chi connectivity index (χ4v) is 2.37. The molecular formula is C14H23N3O2. The Kier molecular flexibility index (Phi) is 5.54. The summed E-state index contributed by atoms with van der Waals surface area (Å²) in [6.45, 7) is 1.84. The van der Waals surface area contributed by atoms with Crippen LogP contribution in [0.2, 0.25) is 0 Å². The predicted molar refractivity (Wildman–Crippen MR) is 74.1 cm³/mol. The normalized spacial score (nSPS) is 15.0. The molecule has 0 atom stereocenters. The van der Waals surface area contributed by atoms with Crippen LogP contribution in [0.5, 0.6) is 0 Å². The van der Waals surface area contributed by atoms with E-state index in [2.05, 4.69) is 9.97 Å². The summed E-state index contributed by atoms with van der Waals surface area (Å²) < 4.78 is 10.4. The topological polar surface area (TPSA) is 70.3 Å². The second-order valence-electron chi connectivity index (χ2n) is 4.87. The Bertz CT molecular complexity index is 410. The summed E-state index contributed by atoms with van der Waals surface area (Å²) in [5.41, 5.74) is 8.37. The maximum absolute atomic E-state index is 6.05. The van der Waals surface area contributed by atoms with E-state index in [4.69, 9.17) is 15.2 Å². The monoisotopic (exact) mass is 265 g/mol. The standard InChI is InChI=1S/C14H23N3O2/c1-18-9-10-19-8-7-13-16-12-6-4-2-3-5-11(12)14(15)17-13/h2-10H2,1H3,(H2,15,16,17). The molecule has 1 aliphatic rings. The van der Waals surface area contributed by atoms with E-state index < -0.39 is 0 Å². The Morgan fingerprint density at radius 2 is 1.89 bits per heavy atom. The van der Waals surface area contributed by atoms with Crippen LogP contribution in [0.3, 0.4) is 0 Å². The summed E-state index contributed by atoms with van der Waals surface area (Å²) >= 11 is 0. The highest BCUT2D eigenvalue weighted by molar-refractivity contribution is 5.43. The van der Waals surface area contributed by atoms with Gasteiger partial charge in [-0.25, -0.2) is 9.97 Å². The summed E-state index contributed by atoms with van der Waals surface area (Å²) in [6, 6.07) is 0. The number of aryl methyl sites for hydroxylation is 1. The average molecular weight is 265 g/mol. The summed E-state index contributed by atoms with van der Waals surface area (Å²) in [7, 11) is 1.67. The highest BCUT2D eigenvalue weighted by Gasteiger charge is 2.14. The molecular weight excluding hydrogens is 242 g/mol. The Morgan fingerprint density at radius 3 is 2.74 bits per heavy atom. The van der Waals surface area contributed by atoms with Crippen molar-refractivity contribution in [3.8, 4) is 0 Å². The molecule has 0 saturated heterocycles. The molecule has 0 radical (unpaired) electrons. The third-order valence-corrected chi connectivity index (χ3v) is 3.41. The van der Waals surface area contributed by atoms with Crippen LogP contribution < -0.4 is 5.73 Å². The fourth-order valence-electron chi connectivity index (χ4n) is 2.37. The van der Waals surface area contributed by atoms with Crippen molar-refractivity contribution in [1.29, 1.82) is 0 Å². The maximum atomic E-state index is 6.05. The molecule has 0 spiro atoms. The molecule has 1 aromatic heterocycles. The minimum Gasteiger partial charge on any atom is -0.383 e. The second-order valence-corrected chi connectivity index (χ2v) is 4.87. The van der Waals surface area contributed by atoms with E-state index in [9.17, 15) is 0 Å². The number of nitrogens with two attached hydrogens (primary N) is 1. The Labute approximate surface area is 114 Å². The number of hydrogen-bond donors (Lipinski definition) is 1. The van der Waals surface area contributed by atoms with Crippen molar-refractivity contribution >= 4 is 5.82 Å². The van der Waals surface area contributed by atoms with E-state index in [1.165, 1.54) is 24.8 Å². The lowest BCUT2D eigenvalue weighted by Gasteiger charge is -2.10. The predicted octanol–water partition coefficient (Wildman–Crippen LogP) is 1.53. The average Bonchev–Trinajstić information content (AvgIpc) is 2.64. The van der Waals surface area contributed by atoms with Crippen LogP contribution in [-0.2, 0) is 28.7 Å². The van der Waals surface area contributed by atoms with Crippen molar-refractivity contribution in [3.63, 3.8) is 0 Å². The van der Waals surface area contributed by atoms with E-state index in [1.807, 2.05) is 0 Å². The van der Waals surface area contributed by atoms with Crippen molar-refractivity contribution in [3.05, 3.63) is 17.1 Å². The lowest BCUT2D eigenvalue weighted by Crippen LogP contribution is -2.11. The van der Waals surface area contributed by atoms with Gasteiger partial charge in [0, 0.05) is 24.8 Å². The highest BCUT2D eigenvalue weighted by Crippen LogP contribution is 2.22. The Morgan fingerprint density at radius 1 is 1.05 bits per heavy atom. The Hall–Kier alpha value is -1.20. The summed E-state index contributed by atoms with van der Waals surface area (Å²) in [4.78, 5) is 9.05. The molecule has 1 aliphatic carbocycles. The van der Waals surface area contributed by atoms with Gasteiger partial charge in [-0.15, -0.1) is 0 Å². The van der Waals surface area contributed by atoms with E-state index in [0.29, 0.717) is 32.1 Å². The van der Waals surface area contributed by atoms with Crippen molar-refractivity contribution in [2.45, 2.75) is 38.5 Å². The van der Waals surface area contributed by atoms with E-state index >= 15 is 0 Å². The highest BCUT2D eigenvalue weighted by atomic mass is 16.5. The van der Waals surface area contributed by atoms with E-state index in [-0.39, 0.29) is 0 Å². The minimum absolute atomic E-state index is 0.608. The molecule has 5 heteroatoms. The van der Waals surface area contributed by atoms with Gasteiger partial charge in [0.05, 0.1) is 19.8 Å². The number of aromatic nitrogens is 2. The first kappa shape index (κ1) is 14.2. The summed E-state index contributed by atoms with van der Waals surface area (Å²) in [5, 5.41) is 0. The molecule has 19 heavy (non-hydrogen) atoms. The molecule has 0 aliphatic heterocycles. The number of nitrogens with zero attached hydrogens (tertiary/aromatic N) is 2. The van der Waals surface area contributed by atoms with Gasteiger partial charge in [-0.05, 0) is 25.7 Å². The third-order valence-electron chi connectivity index (χ3n) is 3.41. The third kappa shape index (κ3) is 4.14. The van der Waals surface area contributed by atoms with Crippen LogP contribution in [0.1, 0.15) is 36.3 Å². The first-order valence-electron chi connectivity index (χ1n) is 7.02. The lowest BCUT2D eigenvalue weighted by molar-refractivity contribution is 0.0716. The number of rotatable bonds is 6. The van der Waals surface area contributed by atoms with Crippen LogP contribution in [0.25, 0.3) is 0 Å². The van der Waals surface area contributed by atoms with Crippen molar-refractivity contribution in [2.75, 3.05) is 32.7 Å². The van der Waals surface area contributed by atoms with Crippen LogP contribution in [0.4, 0.5) is 5.82 Å². The fraction of sp³-hybridized carbons (Fsp3) is 0.714. The quantitative estimate of drug-likeness (QED) is 0.624. The lowest BCUT2D eigenvalue weighted by atomic mass is 10.1. The van der Waals surface area contributed by atoms with Crippen LogP contribution >= 0.6 is 0 Å². The van der Waals surface area contributed by atoms with Crippen molar-refractivity contribution in [2.24, 2.45) is 0 Å². The minimum atomic E-state index is 0.608. The maximum Gasteiger partial charge on any atom is 0.133 e. The summed E-state index contributed by atoms with van der Waals surface area (Å²) in [5.74, 6) is 1.47. The van der Waals surface area contributed by atoms with Gasteiger partial charge in [0.1, 0.15) is 11.6 Å². The molecule has 0 fully saturated rings. The molecule has 1 aromatic rings. The van der Waals surface area contributed by atoms with Crippen LogP contribution in [0.15, 0.2) is 0 Å². The molecule has 2 N–H and O–H groups in total. The molecule has 0 aromatic carbocycles. The van der Waals surface area contributed by atoms with Gasteiger partial charge in [-0.1, -0.05) is 6.42 Å². The van der Waals surface area contributed by atoms with Gasteiger partial charge in [0.2, 0.25) is 0 Å². The number of ether oxygens (including phenoxy) is 2. The van der Waals surface area contributed by atoms with E-state index in [1.54, 1.807) is 7.11 Å². The number of nitrogen functional groups attached to an aromatic ring is 1. The zero-order valence-corrected chi connectivity index (χ0v) is 11.7. The number of fused-ring (bicyclic) bond motifs is 1. The summed E-state index contributed by atoms with van der Waals surface area (Å²) in [6.07, 6.45) is 6.41. The molecule has 106 valence electrons. The molecule has 2 rings (SSSR count). The zero-order chi connectivity index (χ0) is 13.5. The number of hydrogen-bond acceptors (Lipinski definition) is 5. The first-order chi connectivity index (χ1) is 9.31. The molecule has 0 amide bonds. The van der Waals surface area contributed by atoms with Crippen LogP contribution in [0, 0.1) is 0 Å². The number of methoxy groups -OCH3 is 1. The zero-order valence-electron chi connectivity index (χ0n) is 11.7. The second kappa shape index (κ2) is 7.40. The van der Waals surface area contributed by atoms with Gasteiger partial charge < -0.3 is 15.2 Å². The van der Waals surface area contributed by atoms with Gasteiger partial charge in [-0.3, -0.25) is 0 Å². The van der Waals surface area contributed by atoms with Gasteiger partial charge in [-0.2, -0.15) is 0 Å². The largest absolute Gasteiger partial charge is 0.383 e. The molecule has 0 unspecified atom stereocenters. The first-order valence-corrected chi connectivity index (χ1v) is 7.02. The smallest absolute Gasteiger partial charge is 0.133 e. The van der Waals surface area contributed by atoms with Crippen LogP contribution in [-0.4, -0.2) is 36.9 Å². The molecule has 0 saturated carbocycles. The molecule has 5 nitrogen and oxygen atoms in total. The van der Waals surface area contributed by atoms with Gasteiger partial charge in [0.25, 0.3) is 0 Å². The van der Waals surface area contributed by atoms with E-state index in [0.717, 1.165) is 24.4 Å².